The second kappa shape index (κ2) is 5.87. The van der Waals surface area contributed by atoms with E-state index in [9.17, 15) is 4.79 Å². The van der Waals surface area contributed by atoms with Gasteiger partial charge in [0.2, 0.25) is 5.91 Å². The molecule has 98 valence electrons. The number of ether oxygens (including phenoxy) is 1. The molecule has 1 aliphatic carbocycles. The predicted molar refractivity (Wildman–Crippen MR) is 71.6 cm³/mol. The molecule has 3 N–H and O–H groups in total. The van der Waals surface area contributed by atoms with E-state index in [2.05, 4.69) is 5.32 Å². The van der Waals surface area contributed by atoms with E-state index in [0.717, 1.165) is 37.1 Å². The molecule has 18 heavy (non-hydrogen) atoms. The number of rotatable bonds is 3. The summed E-state index contributed by atoms with van der Waals surface area (Å²) in [5.41, 5.74) is 6.79. The Morgan fingerprint density at radius 1 is 1.28 bits per heavy atom. The third-order valence-corrected chi connectivity index (χ3v) is 3.51. The lowest BCUT2D eigenvalue weighted by molar-refractivity contribution is -0.121. The molecule has 0 aromatic heterocycles. The van der Waals surface area contributed by atoms with Gasteiger partial charge in [0.25, 0.3) is 0 Å². The highest BCUT2D eigenvalue weighted by atomic mass is 16.5. The van der Waals surface area contributed by atoms with Crippen LogP contribution < -0.4 is 15.8 Å². The number of carbonyl (C=O) groups is 1. The fourth-order valence-electron chi connectivity index (χ4n) is 2.39. The summed E-state index contributed by atoms with van der Waals surface area (Å²) in [5, 5.41) is 2.92. The first-order chi connectivity index (χ1) is 8.70. The van der Waals surface area contributed by atoms with Gasteiger partial charge in [-0.3, -0.25) is 4.79 Å². The van der Waals surface area contributed by atoms with E-state index in [1.165, 1.54) is 0 Å². The molecule has 2 rings (SSSR count). The zero-order valence-electron chi connectivity index (χ0n) is 10.7. The van der Waals surface area contributed by atoms with E-state index < -0.39 is 0 Å². The molecule has 0 spiro atoms. The fourth-order valence-corrected chi connectivity index (χ4v) is 2.39. The Balaban J connectivity index is 1.97. The van der Waals surface area contributed by atoms with Gasteiger partial charge < -0.3 is 15.8 Å². The highest BCUT2D eigenvalue weighted by Crippen LogP contribution is 2.24. The molecule has 4 nitrogen and oxygen atoms in total. The molecule has 0 unspecified atom stereocenters. The van der Waals surface area contributed by atoms with Gasteiger partial charge in [-0.2, -0.15) is 0 Å². The number of anilines is 1. The van der Waals surface area contributed by atoms with Gasteiger partial charge in [-0.15, -0.1) is 0 Å². The average molecular weight is 248 g/mol. The van der Waals surface area contributed by atoms with Crippen LogP contribution in [-0.4, -0.2) is 19.1 Å². The first kappa shape index (κ1) is 12.9. The number of hydrogen-bond donors (Lipinski definition) is 2. The van der Waals surface area contributed by atoms with Crippen molar-refractivity contribution in [2.75, 3.05) is 12.4 Å². The molecule has 0 saturated heterocycles. The Hall–Kier alpha value is -1.55. The van der Waals surface area contributed by atoms with E-state index in [0.29, 0.717) is 0 Å². The third kappa shape index (κ3) is 3.01. The molecular weight excluding hydrogens is 228 g/mol. The first-order valence-corrected chi connectivity index (χ1v) is 6.41. The van der Waals surface area contributed by atoms with Gasteiger partial charge in [0.05, 0.1) is 13.0 Å². The number of carbonyl (C=O) groups excluding carboxylic acids is 1. The third-order valence-electron chi connectivity index (χ3n) is 3.51. The summed E-state index contributed by atoms with van der Waals surface area (Å²) in [6.45, 7) is 0. The zero-order chi connectivity index (χ0) is 13.0. The van der Waals surface area contributed by atoms with E-state index in [-0.39, 0.29) is 17.9 Å². The Kier molecular flexibility index (Phi) is 4.20. The van der Waals surface area contributed by atoms with Crippen LogP contribution in [0.25, 0.3) is 0 Å². The van der Waals surface area contributed by atoms with Crippen LogP contribution in [0.4, 0.5) is 5.69 Å². The summed E-state index contributed by atoms with van der Waals surface area (Å²) >= 11 is 0. The Bertz CT molecular complexity index is 403. The van der Waals surface area contributed by atoms with E-state index in [1.807, 2.05) is 24.3 Å². The Morgan fingerprint density at radius 2 is 1.94 bits per heavy atom. The maximum atomic E-state index is 12.1. The van der Waals surface area contributed by atoms with Gasteiger partial charge in [-0.05, 0) is 37.1 Å². The predicted octanol–water partition coefficient (Wildman–Crippen LogP) is 2.15. The molecule has 0 aliphatic heterocycles. The minimum absolute atomic E-state index is 0.00278. The SMILES string of the molecule is COc1ccc(NC(=O)[C@@H]2CCCC[C@@H]2N)cc1. The molecule has 1 aromatic carbocycles. The average Bonchev–Trinajstić information content (AvgIpc) is 2.40. The smallest absolute Gasteiger partial charge is 0.229 e. The lowest BCUT2D eigenvalue weighted by Crippen LogP contribution is -2.40. The molecule has 1 fully saturated rings. The quantitative estimate of drug-likeness (QED) is 0.861. The van der Waals surface area contributed by atoms with Crippen LogP contribution in [0.5, 0.6) is 5.75 Å². The van der Waals surface area contributed by atoms with Crippen LogP contribution in [0, 0.1) is 5.92 Å². The largest absolute Gasteiger partial charge is 0.497 e. The summed E-state index contributed by atoms with van der Waals surface area (Å²) in [4.78, 5) is 12.1. The molecule has 1 saturated carbocycles. The summed E-state index contributed by atoms with van der Waals surface area (Å²) in [6.07, 6.45) is 4.06. The highest BCUT2D eigenvalue weighted by Gasteiger charge is 2.28. The summed E-state index contributed by atoms with van der Waals surface area (Å²) in [6, 6.07) is 7.33. The van der Waals surface area contributed by atoms with Crippen molar-refractivity contribution in [2.24, 2.45) is 11.7 Å². The molecule has 0 heterocycles. The summed E-state index contributed by atoms with van der Waals surface area (Å²) < 4.78 is 5.07. The van der Waals surface area contributed by atoms with Crippen molar-refractivity contribution in [3.05, 3.63) is 24.3 Å². The van der Waals surface area contributed by atoms with Gasteiger partial charge in [0.15, 0.2) is 0 Å². The fraction of sp³-hybridized carbons (Fsp3) is 0.500. The molecule has 1 aromatic rings. The second-order valence-electron chi connectivity index (χ2n) is 4.77. The number of methoxy groups -OCH3 is 1. The van der Waals surface area contributed by atoms with E-state index >= 15 is 0 Å². The van der Waals surface area contributed by atoms with Crippen LogP contribution in [0.15, 0.2) is 24.3 Å². The maximum Gasteiger partial charge on any atom is 0.229 e. The van der Waals surface area contributed by atoms with Gasteiger partial charge >= 0.3 is 0 Å². The van der Waals surface area contributed by atoms with Crippen LogP contribution in [0.1, 0.15) is 25.7 Å². The van der Waals surface area contributed by atoms with Crippen LogP contribution in [-0.2, 0) is 4.79 Å². The van der Waals surface area contributed by atoms with Crippen molar-refractivity contribution in [3.8, 4) is 5.75 Å². The summed E-state index contributed by atoms with van der Waals surface area (Å²) in [5.74, 6) is 0.760. The molecule has 0 bridgehead atoms. The maximum absolute atomic E-state index is 12.1. The van der Waals surface area contributed by atoms with E-state index in [4.69, 9.17) is 10.5 Å². The monoisotopic (exact) mass is 248 g/mol. The molecule has 4 heteroatoms. The number of nitrogens with one attached hydrogen (secondary N) is 1. The molecule has 2 atom stereocenters. The zero-order valence-corrected chi connectivity index (χ0v) is 10.7. The Morgan fingerprint density at radius 3 is 2.56 bits per heavy atom. The number of hydrogen-bond acceptors (Lipinski definition) is 3. The van der Waals surface area contributed by atoms with Crippen molar-refractivity contribution in [2.45, 2.75) is 31.7 Å². The van der Waals surface area contributed by atoms with Crippen LogP contribution in [0.2, 0.25) is 0 Å². The Labute approximate surface area is 108 Å². The van der Waals surface area contributed by atoms with Crippen molar-refractivity contribution in [1.82, 2.24) is 0 Å². The van der Waals surface area contributed by atoms with Crippen molar-refractivity contribution >= 4 is 11.6 Å². The molecule has 0 radical (unpaired) electrons. The van der Waals surface area contributed by atoms with Crippen molar-refractivity contribution in [1.29, 1.82) is 0 Å². The lowest BCUT2D eigenvalue weighted by atomic mass is 9.84. The minimum Gasteiger partial charge on any atom is -0.497 e. The first-order valence-electron chi connectivity index (χ1n) is 6.41. The van der Waals surface area contributed by atoms with Crippen molar-refractivity contribution < 1.29 is 9.53 Å². The van der Waals surface area contributed by atoms with Gasteiger partial charge in [-0.25, -0.2) is 0 Å². The standard InChI is InChI=1S/C14H20N2O2/c1-18-11-8-6-10(7-9-11)16-14(17)12-4-2-3-5-13(12)15/h6-9,12-13H,2-5,15H2,1H3,(H,16,17)/t12-,13+/m1/s1. The van der Waals surface area contributed by atoms with Crippen molar-refractivity contribution in [3.63, 3.8) is 0 Å². The number of nitrogens with two attached hydrogens (primary N) is 1. The second-order valence-corrected chi connectivity index (χ2v) is 4.77. The number of benzene rings is 1. The van der Waals surface area contributed by atoms with Gasteiger partial charge in [0.1, 0.15) is 5.75 Å². The van der Waals surface area contributed by atoms with E-state index in [1.54, 1.807) is 7.11 Å². The van der Waals surface area contributed by atoms with Gasteiger partial charge in [0, 0.05) is 11.7 Å². The number of amides is 1. The lowest BCUT2D eigenvalue weighted by Gasteiger charge is -2.27. The summed E-state index contributed by atoms with van der Waals surface area (Å²) in [7, 11) is 1.62. The highest BCUT2D eigenvalue weighted by molar-refractivity contribution is 5.93. The minimum atomic E-state index is -0.0548. The molecular formula is C14H20N2O2. The van der Waals surface area contributed by atoms with Gasteiger partial charge in [-0.1, -0.05) is 12.8 Å². The van der Waals surface area contributed by atoms with Crippen LogP contribution >= 0.6 is 0 Å². The normalized spacial score (nSPS) is 23.4. The molecule has 1 amide bonds. The topological polar surface area (TPSA) is 64.3 Å². The van der Waals surface area contributed by atoms with Crippen LogP contribution in [0.3, 0.4) is 0 Å². The molecule has 1 aliphatic rings.